The number of Topliss-reactive ketones (excluding diaryl/α,β-unsaturated/α-hetero) is 1. The molecule has 0 bridgehead atoms. The first kappa shape index (κ1) is 8.93. The number of piperidine rings is 1. The van der Waals surface area contributed by atoms with Gasteiger partial charge in [-0.15, -0.1) is 0 Å². The van der Waals surface area contributed by atoms with E-state index in [0.717, 1.165) is 0 Å². The largest absolute Gasteiger partial charge is 0.338 e. The molecular weight excluding hydrogens is 182 g/mol. The Kier molecular flexibility index (Phi) is 2.30. The topological polar surface area (TPSA) is 66.1 Å². The number of rotatable bonds is 1. The van der Waals surface area contributed by atoms with Crippen molar-refractivity contribution in [1.82, 2.24) is 15.1 Å². The van der Waals surface area contributed by atoms with Gasteiger partial charge in [0.25, 0.3) is 5.91 Å². The van der Waals surface area contributed by atoms with Crippen LogP contribution in [0.1, 0.15) is 23.2 Å². The summed E-state index contributed by atoms with van der Waals surface area (Å²) in [6, 6.07) is 0. The van der Waals surface area contributed by atoms with Crippen molar-refractivity contribution in [3.8, 4) is 0 Å². The Hall–Kier alpha value is -1.65. The lowest BCUT2D eigenvalue weighted by Gasteiger charge is -2.25. The molecule has 1 aliphatic rings. The summed E-state index contributed by atoms with van der Waals surface area (Å²) >= 11 is 0. The third-order valence-electron chi connectivity index (χ3n) is 2.35. The molecule has 0 radical (unpaired) electrons. The zero-order chi connectivity index (χ0) is 9.97. The number of carbonyl (C=O) groups excluding carboxylic acids is 2. The maximum Gasteiger partial charge on any atom is 0.257 e. The molecule has 0 spiro atoms. The lowest BCUT2D eigenvalue weighted by Crippen LogP contribution is -2.38. The van der Waals surface area contributed by atoms with E-state index in [1.54, 1.807) is 11.1 Å². The third kappa shape index (κ3) is 1.66. The first-order valence-corrected chi connectivity index (χ1v) is 4.57. The Balaban J connectivity index is 2.03. The molecule has 2 heterocycles. The minimum absolute atomic E-state index is 0.0498. The van der Waals surface area contributed by atoms with Crippen LogP contribution in [0, 0.1) is 0 Å². The van der Waals surface area contributed by atoms with Crippen molar-refractivity contribution < 1.29 is 9.59 Å². The van der Waals surface area contributed by atoms with Gasteiger partial charge >= 0.3 is 0 Å². The quantitative estimate of drug-likeness (QED) is 0.693. The summed E-state index contributed by atoms with van der Waals surface area (Å²) in [5.74, 6) is 0.187. The van der Waals surface area contributed by atoms with Crippen LogP contribution in [0.5, 0.6) is 0 Å². The van der Waals surface area contributed by atoms with Crippen molar-refractivity contribution >= 4 is 11.7 Å². The van der Waals surface area contributed by atoms with Crippen LogP contribution in [0.3, 0.4) is 0 Å². The molecule has 1 saturated heterocycles. The van der Waals surface area contributed by atoms with Crippen LogP contribution in [0.2, 0.25) is 0 Å². The van der Waals surface area contributed by atoms with Gasteiger partial charge in [0, 0.05) is 32.1 Å². The van der Waals surface area contributed by atoms with Gasteiger partial charge in [-0.3, -0.25) is 14.7 Å². The fourth-order valence-corrected chi connectivity index (χ4v) is 1.51. The van der Waals surface area contributed by atoms with Crippen LogP contribution in [0.15, 0.2) is 12.4 Å². The van der Waals surface area contributed by atoms with Gasteiger partial charge in [-0.2, -0.15) is 5.10 Å². The number of H-pyrrole nitrogens is 1. The highest BCUT2D eigenvalue weighted by Gasteiger charge is 2.21. The van der Waals surface area contributed by atoms with Gasteiger partial charge in [0.2, 0.25) is 0 Å². The maximum atomic E-state index is 11.7. The Bertz CT molecular complexity index is 335. The van der Waals surface area contributed by atoms with Gasteiger partial charge < -0.3 is 4.90 Å². The summed E-state index contributed by atoms with van der Waals surface area (Å²) in [6.45, 7) is 1.06. The molecule has 5 heteroatoms. The summed E-state index contributed by atoms with van der Waals surface area (Å²) in [5.41, 5.74) is 0.555. The van der Waals surface area contributed by atoms with Crippen LogP contribution >= 0.6 is 0 Å². The van der Waals surface area contributed by atoms with E-state index in [-0.39, 0.29) is 11.7 Å². The second-order valence-corrected chi connectivity index (χ2v) is 3.32. The van der Waals surface area contributed by atoms with E-state index in [1.807, 2.05) is 0 Å². The predicted octanol–water partition coefficient (Wildman–Crippen LogP) is 0.215. The molecule has 0 atom stereocenters. The zero-order valence-electron chi connectivity index (χ0n) is 7.69. The van der Waals surface area contributed by atoms with Crippen molar-refractivity contribution in [2.45, 2.75) is 12.8 Å². The molecule has 0 saturated carbocycles. The van der Waals surface area contributed by atoms with Gasteiger partial charge in [0.1, 0.15) is 5.78 Å². The molecule has 5 nitrogen and oxygen atoms in total. The minimum Gasteiger partial charge on any atom is -0.338 e. The molecule has 1 N–H and O–H groups in total. The standard InChI is InChI=1S/C9H11N3O2/c13-8-1-3-12(4-2-8)9(14)7-5-10-11-6-7/h5-6H,1-4H2,(H,10,11). The fourth-order valence-electron chi connectivity index (χ4n) is 1.51. The first-order chi connectivity index (χ1) is 6.77. The van der Waals surface area contributed by atoms with Crippen LogP contribution in [-0.2, 0) is 4.79 Å². The molecule has 0 aromatic carbocycles. The molecule has 0 aliphatic carbocycles. The number of likely N-dealkylation sites (tertiary alicyclic amines) is 1. The van der Waals surface area contributed by atoms with Crippen molar-refractivity contribution in [1.29, 1.82) is 0 Å². The molecule has 1 aliphatic heterocycles. The summed E-state index contributed by atoms with van der Waals surface area (Å²) in [5, 5.41) is 6.31. The lowest BCUT2D eigenvalue weighted by molar-refractivity contribution is -0.120. The Morgan fingerprint density at radius 2 is 2.14 bits per heavy atom. The Labute approximate surface area is 81.1 Å². The number of hydrogen-bond donors (Lipinski definition) is 1. The molecule has 1 amide bonds. The van der Waals surface area contributed by atoms with Crippen molar-refractivity contribution in [2.24, 2.45) is 0 Å². The number of aromatic amines is 1. The van der Waals surface area contributed by atoms with Gasteiger partial charge in [-0.25, -0.2) is 0 Å². The van der Waals surface area contributed by atoms with E-state index in [4.69, 9.17) is 0 Å². The number of hydrogen-bond acceptors (Lipinski definition) is 3. The number of aromatic nitrogens is 2. The highest BCUT2D eigenvalue weighted by atomic mass is 16.2. The van der Waals surface area contributed by atoms with Crippen molar-refractivity contribution in [3.63, 3.8) is 0 Å². The number of carbonyl (C=O) groups is 2. The summed E-state index contributed by atoms with van der Waals surface area (Å²) in [7, 11) is 0. The summed E-state index contributed by atoms with van der Waals surface area (Å²) in [6.07, 6.45) is 4.02. The minimum atomic E-state index is -0.0498. The predicted molar refractivity (Wildman–Crippen MR) is 48.7 cm³/mol. The van der Waals surface area contributed by atoms with Gasteiger partial charge in [-0.1, -0.05) is 0 Å². The van der Waals surface area contributed by atoms with Crippen LogP contribution in [-0.4, -0.2) is 39.9 Å². The van der Waals surface area contributed by atoms with E-state index in [2.05, 4.69) is 10.2 Å². The maximum absolute atomic E-state index is 11.7. The molecule has 2 rings (SSSR count). The van der Waals surface area contributed by atoms with Gasteiger partial charge in [0.15, 0.2) is 0 Å². The first-order valence-electron chi connectivity index (χ1n) is 4.57. The number of nitrogens with zero attached hydrogens (tertiary/aromatic N) is 2. The third-order valence-corrected chi connectivity index (χ3v) is 2.35. The molecular formula is C9H11N3O2. The number of nitrogens with one attached hydrogen (secondary N) is 1. The van der Waals surface area contributed by atoms with Crippen LogP contribution < -0.4 is 0 Å². The van der Waals surface area contributed by atoms with Crippen molar-refractivity contribution in [2.75, 3.05) is 13.1 Å². The van der Waals surface area contributed by atoms with Gasteiger partial charge in [-0.05, 0) is 0 Å². The van der Waals surface area contributed by atoms with Crippen LogP contribution in [0.4, 0.5) is 0 Å². The Morgan fingerprint density at radius 3 is 2.71 bits per heavy atom. The molecule has 14 heavy (non-hydrogen) atoms. The average molecular weight is 193 g/mol. The smallest absolute Gasteiger partial charge is 0.257 e. The molecule has 0 unspecified atom stereocenters. The monoisotopic (exact) mass is 193 g/mol. The normalized spacial score (nSPS) is 17.1. The summed E-state index contributed by atoms with van der Waals surface area (Å²) < 4.78 is 0. The molecule has 1 aromatic rings. The fraction of sp³-hybridized carbons (Fsp3) is 0.444. The second kappa shape index (κ2) is 3.61. The number of ketones is 1. The van der Waals surface area contributed by atoms with E-state index < -0.39 is 0 Å². The highest BCUT2D eigenvalue weighted by Crippen LogP contribution is 2.09. The highest BCUT2D eigenvalue weighted by molar-refractivity contribution is 5.94. The van der Waals surface area contributed by atoms with E-state index >= 15 is 0 Å². The zero-order valence-corrected chi connectivity index (χ0v) is 7.69. The lowest BCUT2D eigenvalue weighted by atomic mass is 10.1. The summed E-state index contributed by atoms with van der Waals surface area (Å²) in [4.78, 5) is 24.4. The van der Waals surface area contributed by atoms with E-state index in [0.29, 0.717) is 31.5 Å². The molecule has 1 fully saturated rings. The van der Waals surface area contributed by atoms with Crippen molar-refractivity contribution in [3.05, 3.63) is 18.0 Å². The SMILES string of the molecule is O=C1CCN(C(=O)c2cn[nH]c2)CC1. The molecule has 74 valence electrons. The van der Waals surface area contributed by atoms with E-state index in [9.17, 15) is 9.59 Å². The van der Waals surface area contributed by atoms with Gasteiger partial charge in [0.05, 0.1) is 11.8 Å². The number of amides is 1. The van der Waals surface area contributed by atoms with E-state index in [1.165, 1.54) is 6.20 Å². The van der Waals surface area contributed by atoms with Crippen LogP contribution in [0.25, 0.3) is 0 Å². The molecule has 1 aromatic heterocycles. The average Bonchev–Trinajstić information content (AvgIpc) is 2.71. The Morgan fingerprint density at radius 1 is 1.43 bits per heavy atom. The second-order valence-electron chi connectivity index (χ2n) is 3.32.